The Bertz CT molecular complexity index is 2320. The van der Waals surface area contributed by atoms with Gasteiger partial charge in [-0.15, -0.1) is 0 Å². The predicted molar refractivity (Wildman–Crippen MR) is 256 cm³/mol. The summed E-state index contributed by atoms with van der Waals surface area (Å²) < 4.78 is 22.8. The normalized spacial score (nSPS) is 23.3. The van der Waals surface area contributed by atoms with Gasteiger partial charge in [-0.3, -0.25) is 19.2 Å². The van der Waals surface area contributed by atoms with E-state index in [-0.39, 0.29) is 40.8 Å². The molecule has 2 aromatic carbocycles. The molecule has 1 aliphatic heterocycles. The number of ketones is 3. The number of unbranched alkanes of at least 4 members (excludes halogenated alkanes) is 1. The van der Waals surface area contributed by atoms with Crippen molar-refractivity contribution in [2.75, 3.05) is 13.7 Å². The number of carbonyl (C=O) groups excluding carboxylic acids is 4. The highest BCUT2D eigenvalue weighted by molar-refractivity contribution is 6.31. The van der Waals surface area contributed by atoms with Gasteiger partial charge in [0.2, 0.25) is 11.6 Å². The average Bonchev–Trinajstić information content (AvgIpc) is 3.27. The summed E-state index contributed by atoms with van der Waals surface area (Å²) in [6.45, 7) is 13.5. The highest BCUT2D eigenvalue weighted by Crippen LogP contribution is 2.52. The number of rotatable bonds is 21. The summed E-state index contributed by atoms with van der Waals surface area (Å²) in [5, 5.41) is 46.1. The number of aliphatic hydroxyl groups excluding tert-OH is 1. The second-order valence-electron chi connectivity index (χ2n) is 18.8. The molecule has 0 saturated carbocycles. The van der Waals surface area contributed by atoms with Crippen LogP contribution in [0.15, 0.2) is 76.4 Å². The van der Waals surface area contributed by atoms with Crippen LogP contribution in [-0.2, 0) is 30.2 Å². The molecule has 0 aromatic heterocycles. The molecule has 6 N–H and O–H groups in total. The van der Waals surface area contributed by atoms with E-state index in [1.54, 1.807) is 6.92 Å². The lowest BCUT2D eigenvalue weighted by atomic mass is 9.72. The van der Waals surface area contributed by atoms with Gasteiger partial charge in [0, 0.05) is 48.4 Å². The van der Waals surface area contributed by atoms with Crippen LogP contribution in [0.25, 0.3) is 0 Å². The number of esters is 1. The minimum absolute atomic E-state index is 0.000877. The number of aliphatic hydroxyl groups is 2. The molecule has 0 amide bonds. The number of hydrogen-bond donors (Lipinski definition) is 5. The van der Waals surface area contributed by atoms with Crippen LogP contribution in [0.2, 0.25) is 0 Å². The first-order valence-corrected chi connectivity index (χ1v) is 23.5. The van der Waals surface area contributed by atoms with Gasteiger partial charge in [-0.2, -0.15) is 0 Å². The van der Waals surface area contributed by atoms with Crippen molar-refractivity contribution < 1.29 is 58.6 Å². The van der Waals surface area contributed by atoms with E-state index in [2.05, 4.69) is 65.0 Å². The Balaban J connectivity index is 1.18. The molecule has 13 heteroatoms. The van der Waals surface area contributed by atoms with Gasteiger partial charge < -0.3 is 45.1 Å². The van der Waals surface area contributed by atoms with Crippen LogP contribution >= 0.6 is 0 Å². The second kappa shape index (κ2) is 23.7. The van der Waals surface area contributed by atoms with E-state index in [0.717, 1.165) is 56.9 Å². The third-order valence-electron chi connectivity index (χ3n) is 13.1. The quantitative estimate of drug-likeness (QED) is 0.0292. The maximum absolute atomic E-state index is 14.0. The monoisotopic (exact) mass is 925 g/mol. The minimum atomic E-state index is -2.33. The first-order valence-electron chi connectivity index (χ1n) is 23.5. The van der Waals surface area contributed by atoms with E-state index in [4.69, 9.17) is 24.7 Å². The van der Waals surface area contributed by atoms with E-state index in [1.165, 1.54) is 47.6 Å². The Kier molecular flexibility index (Phi) is 18.7. The number of nitrogens with two attached hydrogens (primary N) is 1. The van der Waals surface area contributed by atoms with Crippen molar-refractivity contribution in [2.45, 2.75) is 168 Å². The molecule has 0 bridgehead atoms. The molecular formula is C54H71NO12. The molecule has 1 fully saturated rings. The van der Waals surface area contributed by atoms with E-state index in [9.17, 15) is 39.6 Å². The molecule has 13 nitrogen and oxygen atoms in total. The molecule has 2 aromatic rings. The average molecular weight is 926 g/mol. The number of ether oxygens (including phenoxy) is 4. The largest absolute Gasteiger partial charge is 0.507 e. The zero-order chi connectivity index (χ0) is 49.2. The summed E-state index contributed by atoms with van der Waals surface area (Å²) in [5.74, 6) is -4.44. The minimum Gasteiger partial charge on any atom is -0.507 e. The topological polar surface area (TPSA) is 212 Å². The smallest absolute Gasteiger partial charge is 0.306 e. The summed E-state index contributed by atoms with van der Waals surface area (Å²) in [5.41, 5.74) is 8.86. The highest BCUT2D eigenvalue weighted by atomic mass is 16.7. The zero-order valence-electron chi connectivity index (χ0n) is 40.5. The summed E-state index contributed by atoms with van der Waals surface area (Å²) >= 11 is 0. The number of hydrogen-bond acceptors (Lipinski definition) is 13. The van der Waals surface area contributed by atoms with E-state index in [1.807, 2.05) is 6.92 Å². The molecule has 5 rings (SSSR count). The lowest BCUT2D eigenvalue weighted by Crippen LogP contribution is -2.53. The van der Waals surface area contributed by atoms with Gasteiger partial charge in [0.15, 0.2) is 18.7 Å². The highest BCUT2D eigenvalue weighted by Gasteiger charge is 2.50. The number of Topliss-reactive ketones (excluding diaryl/α,β-unsaturated/α-hetero) is 1. The number of fused-ring (bicyclic) bond motifs is 3. The van der Waals surface area contributed by atoms with Crippen molar-refractivity contribution in [3.63, 3.8) is 0 Å². The number of allylic oxidation sites excluding steroid dienone is 10. The number of methoxy groups -OCH3 is 1. The fourth-order valence-electron chi connectivity index (χ4n) is 9.00. The standard InChI is InChI=1S/C54H71NO12/c1-31(2)15-11-18-34(5)21-12-19-32(3)16-9-10-17-33(4)20-13-22-35(6)25-26-43(57)65-30-42(56)54(63)28-38-46(41(29-54)67-44-27-39(55)49(58)36(7)66-44)53(62)48-47(51(38)60)50(59)37-23-14-24-40(64-8)45(37)52(48)61/h14-17,21-24,36,39,41,44,49,58,60,62-63H,9-13,18-20,25-30,55H2,1-8H3/b32-16+,33-17+,34-21+,35-22+/t36-,39-,41-,44-,49+,54-/m0/s1. The summed E-state index contributed by atoms with van der Waals surface area (Å²) in [6.07, 6.45) is 14.4. The number of phenols is 2. The van der Waals surface area contributed by atoms with Crippen molar-refractivity contribution in [2.24, 2.45) is 5.73 Å². The first kappa shape index (κ1) is 52.8. The Morgan fingerprint density at radius 2 is 1.36 bits per heavy atom. The zero-order valence-corrected chi connectivity index (χ0v) is 40.5. The molecule has 0 spiro atoms. The molecule has 364 valence electrons. The number of carbonyl (C=O) groups is 4. The number of benzene rings is 2. The Morgan fingerprint density at radius 3 is 1.94 bits per heavy atom. The molecule has 2 aliphatic carbocycles. The van der Waals surface area contributed by atoms with Crippen LogP contribution in [0.4, 0.5) is 0 Å². The summed E-state index contributed by atoms with van der Waals surface area (Å²) in [7, 11) is 1.33. The second-order valence-corrected chi connectivity index (χ2v) is 18.8. The fraction of sp³-hybridized carbons (Fsp3) is 0.519. The van der Waals surface area contributed by atoms with Crippen molar-refractivity contribution in [3.05, 3.63) is 110 Å². The van der Waals surface area contributed by atoms with Crippen LogP contribution < -0.4 is 10.5 Å². The van der Waals surface area contributed by atoms with Crippen LogP contribution in [0.5, 0.6) is 17.2 Å². The number of phenolic OH excluding ortho intramolecular Hbond substituents is 2. The molecule has 0 unspecified atom stereocenters. The van der Waals surface area contributed by atoms with Crippen LogP contribution in [0.3, 0.4) is 0 Å². The van der Waals surface area contributed by atoms with Gasteiger partial charge in [-0.25, -0.2) is 0 Å². The van der Waals surface area contributed by atoms with Crippen molar-refractivity contribution in [1.29, 1.82) is 0 Å². The SMILES string of the molecule is COc1cccc2c1C(=O)c1c(O)c3c(c(O)c1C2=O)C[C@@](O)(C(=O)COC(=O)CC/C(C)=C/CC/C(C)=C/CC/C=C(\C)CC/C=C(\C)CCC=C(C)C)C[C@@H]3O[C@H]1C[C@H](N)[C@H](O)[C@H](C)O1. The first-order chi connectivity index (χ1) is 31.8. The molecular weight excluding hydrogens is 855 g/mol. The molecule has 3 aliphatic rings. The number of aromatic hydroxyl groups is 2. The summed E-state index contributed by atoms with van der Waals surface area (Å²) in [4.78, 5) is 54.7. The maximum atomic E-state index is 14.0. The predicted octanol–water partition coefficient (Wildman–Crippen LogP) is 9.20. The van der Waals surface area contributed by atoms with Gasteiger partial charge in [-0.1, -0.05) is 70.4 Å². The van der Waals surface area contributed by atoms with Crippen molar-refractivity contribution >= 4 is 23.3 Å². The molecule has 1 saturated heterocycles. The summed E-state index contributed by atoms with van der Waals surface area (Å²) in [6, 6.07) is 3.62. The van der Waals surface area contributed by atoms with Gasteiger partial charge in [0.25, 0.3) is 0 Å². The van der Waals surface area contributed by atoms with Gasteiger partial charge in [0.1, 0.15) is 22.8 Å². The van der Waals surface area contributed by atoms with Crippen LogP contribution in [0, 0.1) is 0 Å². The van der Waals surface area contributed by atoms with Gasteiger partial charge >= 0.3 is 5.97 Å². The molecule has 1 heterocycles. The Labute approximate surface area is 395 Å². The van der Waals surface area contributed by atoms with Crippen molar-refractivity contribution in [1.82, 2.24) is 0 Å². The van der Waals surface area contributed by atoms with Gasteiger partial charge in [0.05, 0.1) is 42.1 Å². The van der Waals surface area contributed by atoms with E-state index in [0.29, 0.717) is 6.42 Å². The fourth-order valence-corrected chi connectivity index (χ4v) is 9.00. The lowest BCUT2D eigenvalue weighted by Gasteiger charge is -2.42. The van der Waals surface area contributed by atoms with E-state index < -0.39 is 102 Å². The third-order valence-corrected chi connectivity index (χ3v) is 13.1. The van der Waals surface area contributed by atoms with Crippen molar-refractivity contribution in [3.8, 4) is 17.2 Å². The Hall–Kier alpha value is -5.18. The van der Waals surface area contributed by atoms with E-state index >= 15 is 0 Å². The van der Waals surface area contributed by atoms with Gasteiger partial charge in [-0.05, 0) is 112 Å². The lowest BCUT2D eigenvalue weighted by molar-refractivity contribution is -0.247. The van der Waals surface area contributed by atoms with Crippen LogP contribution in [-0.4, -0.2) is 87.6 Å². The third kappa shape index (κ3) is 13.3. The molecule has 67 heavy (non-hydrogen) atoms. The Morgan fingerprint density at radius 1 is 0.791 bits per heavy atom. The van der Waals surface area contributed by atoms with Crippen LogP contribution in [0.1, 0.15) is 175 Å². The molecule has 6 atom stereocenters. The maximum Gasteiger partial charge on any atom is 0.306 e. The molecule has 0 radical (unpaired) electrons.